The quantitative estimate of drug-likeness (QED) is 0.480. The first-order valence-corrected chi connectivity index (χ1v) is 11.8. The lowest BCUT2D eigenvalue weighted by Crippen LogP contribution is -2.67. The standard InChI is InChI=1S/C25H29NO9/c1-12(33-18(27)11-15(26)22(28)29)23(30)34-17-7-9-25(31)14-4-3-8-24(25)19-13(10-14)5-6-16(32-2)20(19)35-21(17)24/h5-7,12,14-15,21,31H,3-4,8-11,26H2,1-2H3,(H,28,29)/t12-,14+,15-,21-,24-,25+/m0/s1. The first kappa shape index (κ1) is 23.6. The van der Waals surface area contributed by atoms with Crippen molar-refractivity contribution in [3.05, 3.63) is 35.1 Å². The molecule has 4 aliphatic rings. The summed E-state index contributed by atoms with van der Waals surface area (Å²) in [6.07, 6.45) is 2.62. The maximum absolute atomic E-state index is 12.8. The topological polar surface area (TPSA) is 155 Å². The molecule has 188 valence electrons. The van der Waals surface area contributed by atoms with E-state index < -0.39 is 53.6 Å². The second-order valence-corrected chi connectivity index (χ2v) is 9.83. The highest BCUT2D eigenvalue weighted by molar-refractivity contribution is 5.84. The van der Waals surface area contributed by atoms with E-state index in [-0.39, 0.29) is 11.7 Å². The van der Waals surface area contributed by atoms with Crippen LogP contribution in [0, 0.1) is 5.92 Å². The molecule has 0 unspecified atom stereocenters. The number of benzene rings is 1. The van der Waals surface area contributed by atoms with Gasteiger partial charge in [0.25, 0.3) is 0 Å². The number of esters is 2. The van der Waals surface area contributed by atoms with Gasteiger partial charge in [-0.1, -0.05) is 12.5 Å². The molecule has 1 saturated carbocycles. The number of hydrogen-bond acceptors (Lipinski definition) is 9. The highest BCUT2D eigenvalue weighted by Crippen LogP contribution is 2.67. The molecule has 1 fully saturated rings. The fraction of sp³-hybridized carbons (Fsp3) is 0.560. The minimum absolute atomic E-state index is 0.0565. The van der Waals surface area contributed by atoms with E-state index in [1.165, 1.54) is 6.92 Å². The molecule has 2 bridgehead atoms. The van der Waals surface area contributed by atoms with Crippen molar-refractivity contribution in [1.29, 1.82) is 0 Å². The van der Waals surface area contributed by atoms with Gasteiger partial charge in [0.05, 0.1) is 24.5 Å². The zero-order chi connectivity index (χ0) is 25.1. The summed E-state index contributed by atoms with van der Waals surface area (Å²) in [5.41, 5.74) is 5.59. The van der Waals surface area contributed by atoms with E-state index in [9.17, 15) is 19.5 Å². The highest BCUT2D eigenvalue weighted by atomic mass is 16.6. The van der Waals surface area contributed by atoms with Crippen molar-refractivity contribution in [3.63, 3.8) is 0 Å². The van der Waals surface area contributed by atoms with Crippen LogP contribution in [0.5, 0.6) is 11.5 Å². The van der Waals surface area contributed by atoms with E-state index in [4.69, 9.17) is 29.8 Å². The lowest BCUT2D eigenvalue weighted by molar-refractivity contribution is -0.171. The third kappa shape index (κ3) is 3.34. The van der Waals surface area contributed by atoms with E-state index in [0.717, 1.165) is 30.4 Å². The van der Waals surface area contributed by atoms with Crippen molar-refractivity contribution in [2.75, 3.05) is 7.11 Å². The predicted octanol–water partition coefficient (Wildman–Crippen LogP) is 1.35. The van der Waals surface area contributed by atoms with Gasteiger partial charge in [0.2, 0.25) is 0 Å². The number of hydrogen-bond donors (Lipinski definition) is 3. The molecule has 0 amide bonds. The molecule has 1 aromatic rings. The van der Waals surface area contributed by atoms with E-state index in [2.05, 4.69) is 0 Å². The molecule has 1 aliphatic heterocycles. The number of rotatable bonds is 7. The summed E-state index contributed by atoms with van der Waals surface area (Å²) in [6, 6.07) is 2.46. The van der Waals surface area contributed by atoms with E-state index in [0.29, 0.717) is 24.3 Å². The van der Waals surface area contributed by atoms with Crippen LogP contribution in [0.2, 0.25) is 0 Å². The number of ether oxygens (including phenoxy) is 4. The van der Waals surface area contributed by atoms with Gasteiger partial charge in [-0.2, -0.15) is 0 Å². The monoisotopic (exact) mass is 487 g/mol. The van der Waals surface area contributed by atoms with Crippen LogP contribution in [0.3, 0.4) is 0 Å². The van der Waals surface area contributed by atoms with Crippen LogP contribution >= 0.6 is 0 Å². The molecule has 10 heteroatoms. The molecular formula is C25H29NO9. The Morgan fingerprint density at radius 1 is 1.31 bits per heavy atom. The Hall–Kier alpha value is -3.11. The third-order valence-electron chi connectivity index (χ3n) is 8.03. The smallest absolute Gasteiger partial charge is 0.352 e. The Bertz CT molecular complexity index is 1130. The number of nitrogens with two attached hydrogens (primary N) is 1. The van der Waals surface area contributed by atoms with Gasteiger partial charge in [-0.05, 0) is 56.2 Å². The van der Waals surface area contributed by atoms with E-state index in [1.807, 2.05) is 12.1 Å². The van der Waals surface area contributed by atoms with Crippen LogP contribution in [0.15, 0.2) is 24.0 Å². The van der Waals surface area contributed by atoms with Gasteiger partial charge in [0.15, 0.2) is 23.7 Å². The highest BCUT2D eigenvalue weighted by Gasteiger charge is 2.71. The second kappa shape index (κ2) is 8.23. The first-order valence-electron chi connectivity index (χ1n) is 11.8. The van der Waals surface area contributed by atoms with Crippen molar-refractivity contribution in [1.82, 2.24) is 0 Å². The summed E-state index contributed by atoms with van der Waals surface area (Å²) < 4.78 is 22.7. The zero-order valence-electron chi connectivity index (χ0n) is 19.6. The van der Waals surface area contributed by atoms with Crippen LogP contribution < -0.4 is 15.2 Å². The average molecular weight is 488 g/mol. The fourth-order valence-electron chi connectivity index (χ4n) is 6.44. The van der Waals surface area contributed by atoms with Crippen LogP contribution in [0.1, 0.15) is 50.2 Å². The molecule has 3 aliphatic carbocycles. The van der Waals surface area contributed by atoms with Crippen molar-refractivity contribution in [2.24, 2.45) is 11.7 Å². The molecule has 5 rings (SSSR count). The Balaban J connectivity index is 1.42. The third-order valence-corrected chi connectivity index (χ3v) is 8.03. The summed E-state index contributed by atoms with van der Waals surface area (Å²) in [6.45, 7) is 1.34. The van der Waals surface area contributed by atoms with Gasteiger partial charge in [-0.3, -0.25) is 9.59 Å². The van der Waals surface area contributed by atoms with Gasteiger partial charge in [-0.15, -0.1) is 0 Å². The van der Waals surface area contributed by atoms with Gasteiger partial charge in [0.1, 0.15) is 11.8 Å². The Morgan fingerprint density at radius 3 is 2.80 bits per heavy atom. The van der Waals surface area contributed by atoms with E-state index in [1.54, 1.807) is 13.2 Å². The minimum Gasteiger partial charge on any atom is -0.493 e. The normalized spacial score (nSPS) is 31.3. The lowest BCUT2D eigenvalue weighted by Gasteiger charge is -2.59. The zero-order valence-corrected chi connectivity index (χ0v) is 19.6. The lowest BCUT2D eigenvalue weighted by atomic mass is 9.47. The fourth-order valence-corrected chi connectivity index (χ4v) is 6.44. The Morgan fingerprint density at radius 2 is 2.09 bits per heavy atom. The van der Waals surface area contributed by atoms with Gasteiger partial charge < -0.3 is 34.9 Å². The molecule has 4 N–H and O–H groups in total. The number of carbonyl (C=O) groups excluding carboxylic acids is 2. The number of aliphatic carboxylic acids is 1. The van der Waals surface area contributed by atoms with Crippen molar-refractivity contribution >= 4 is 17.9 Å². The molecule has 35 heavy (non-hydrogen) atoms. The largest absolute Gasteiger partial charge is 0.493 e. The molecule has 6 atom stereocenters. The predicted molar refractivity (Wildman–Crippen MR) is 120 cm³/mol. The summed E-state index contributed by atoms with van der Waals surface area (Å²) in [5, 5.41) is 20.9. The van der Waals surface area contributed by atoms with Crippen LogP contribution in [-0.2, 0) is 35.7 Å². The number of carboxylic acids is 1. The summed E-state index contributed by atoms with van der Waals surface area (Å²) in [7, 11) is 1.56. The molecule has 1 heterocycles. The first-order chi connectivity index (χ1) is 16.6. The maximum Gasteiger partial charge on any atom is 0.352 e. The molecule has 0 aromatic heterocycles. The van der Waals surface area contributed by atoms with Gasteiger partial charge in [-0.25, -0.2) is 4.79 Å². The van der Waals surface area contributed by atoms with Crippen molar-refractivity contribution in [2.45, 2.75) is 74.7 Å². The second-order valence-electron chi connectivity index (χ2n) is 9.83. The Labute approximate surface area is 202 Å². The molecular weight excluding hydrogens is 458 g/mol. The van der Waals surface area contributed by atoms with Crippen LogP contribution in [-0.4, -0.2) is 59.1 Å². The minimum atomic E-state index is -1.43. The van der Waals surface area contributed by atoms with Gasteiger partial charge in [0, 0.05) is 5.56 Å². The average Bonchev–Trinajstić information content (AvgIpc) is 3.15. The summed E-state index contributed by atoms with van der Waals surface area (Å²) in [5.74, 6) is -1.65. The summed E-state index contributed by atoms with van der Waals surface area (Å²) in [4.78, 5) is 35.7. The SMILES string of the molecule is COc1ccc2c3c1O[C@H]1C(OC(=O)[C@H](C)OC(=O)C[C@H](N)C(=O)O)=CC[C@@]4(O)[C@H](CCC[C@]314)C2. The number of carbonyl (C=O) groups is 3. The summed E-state index contributed by atoms with van der Waals surface area (Å²) >= 11 is 0. The molecule has 10 nitrogen and oxygen atoms in total. The maximum atomic E-state index is 12.8. The molecule has 1 aromatic carbocycles. The molecule has 0 radical (unpaired) electrons. The van der Waals surface area contributed by atoms with Gasteiger partial charge >= 0.3 is 17.9 Å². The van der Waals surface area contributed by atoms with Crippen LogP contribution in [0.4, 0.5) is 0 Å². The molecule has 0 saturated heterocycles. The number of carboxylic acid groups (broad SMARTS) is 1. The number of methoxy groups -OCH3 is 1. The van der Waals surface area contributed by atoms with Crippen LogP contribution in [0.25, 0.3) is 0 Å². The Kier molecular flexibility index (Phi) is 5.56. The number of aliphatic hydroxyl groups is 1. The van der Waals surface area contributed by atoms with E-state index >= 15 is 0 Å². The molecule has 1 spiro atoms. The van der Waals surface area contributed by atoms with Crippen molar-refractivity contribution < 1.29 is 43.5 Å². The van der Waals surface area contributed by atoms with Crippen molar-refractivity contribution in [3.8, 4) is 11.5 Å².